The lowest BCUT2D eigenvalue weighted by atomic mass is 9.92. The first-order valence-electron chi connectivity index (χ1n) is 11.6. The van der Waals surface area contributed by atoms with Crippen molar-refractivity contribution in [3.8, 4) is 11.8 Å². The number of rotatable bonds is 10. The number of carbonyl (C=O) groups is 1. The standard InChI is InChI=1S/C23H27N6O8P/c1-3-34-22(32)14(2)28-38(33,37-15-7-5-4-6-8-15)35-11-17-19(30)20(31)23(12-24,36-17)18-10-9-16-21(25)26-13-27-29(16)18/h4-10,13-14,17,19-20,30-31H,3,11H2,1-2H3,(H,28,33)(H2,25,26,27)/t14-,17+,19+,20+,23-,38-/m0/s1. The number of nitrogens with zero attached hydrogens (tertiary/aromatic N) is 4. The molecule has 0 radical (unpaired) electrons. The topological polar surface area (TPSA) is 204 Å². The average molecular weight is 546 g/mol. The van der Waals surface area contributed by atoms with Gasteiger partial charge in [0.25, 0.3) is 0 Å². The van der Waals surface area contributed by atoms with Crippen LogP contribution < -0.4 is 15.3 Å². The zero-order chi connectivity index (χ0) is 27.5. The number of ether oxygens (including phenoxy) is 2. The number of hydrogen-bond acceptors (Lipinski definition) is 12. The van der Waals surface area contributed by atoms with Gasteiger partial charge >= 0.3 is 13.7 Å². The number of nitrogens with two attached hydrogens (primary N) is 1. The van der Waals surface area contributed by atoms with Crippen LogP contribution >= 0.6 is 7.75 Å². The first-order valence-corrected chi connectivity index (χ1v) is 13.2. The number of benzene rings is 1. The summed E-state index contributed by atoms with van der Waals surface area (Å²) in [5.74, 6) is -0.380. The van der Waals surface area contributed by atoms with Gasteiger partial charge in [-0.25, -0.2) is 14.1 Å². The summed E-state index contributed by atoms with van der Waals surface area (Å²) in [5, 5.41) is 38.3. The van der Waals surface area contributed by atoms with Gasteiger partial charge in [0.2, 0.25) is 5.60 Å². The summed E-state index contributed by atoms with van der Waals surface area (Å²) in [6, 6.07) is 11.9. The Bertz CT molecular complexity index is 1380. The molecule has 0 aliphatic carbocycles. The molecule has 6 atom stereocenters. The highest BCUT2D eigenvalue weighted by atomic mass is 31.2. The number of carbonyl (C=O) groups excluding carboxylic acids is 1. The van der Waals surface area contributed by atoms with Crippen LogP contribution in [0.15, 0.2) is 48.8 Å². The van der Waals surface area contributed by atoms with Crippen LogP contribution in [0.25, 0.3) is 5.52 Å². The third-order valence-electron chi connectivity index (χ3n) is 5.86. The highest BCUT2D eigenvalue weighted by Gasteiger charge is 2.58. The Balaban J connectivity index is 1.58. The van der Waals surface area contributed by atoms with Crippen LogP contribution in [0.2, 0.25) is 0 Å². The van der Waals surface area contributed by atoms with E-state index in [-0.39, 0.29) is 23.9 Å². The molecule has 3 aromatic rings. The van der Waals surface area contributed by atoms with E-state index in [1.807, 2.05) is 6.07 Å². The maximum atomic E-state index is 13.7. The van der Waals surface area contributed by atoms with E-state index in [1.54, 1.807) is 31.2 Å². The fraction of sp³-hybridized carbons (Fsp3) is 0.391. The van der Waals surface area contributed by atoms with Crippen molar-refractivity contribution in [2.75, 3.05) is 18.9 Å². The third-order valence-corrected chi connectivity index (χ3v) is 7.50. The summed E-state index contributed by atoms with van der Waals surface area (Å²) in [5.41, 5.74) is 4.25. The number of hydrogen-bond donors (Lipinski definition) is 4. The Morgan fingerprint density at radius 1 is 1.34 bits per heavy atom. The van der Waals surface area contributed by atoms with Crippen LogP contribution in [0.4, 0.5) is 5.82 Å². The van der Waals surface area contributed by atoms with Crippen LogP contribution in [0, 0.1) is 11.3 Å². The maximum absolute atomic E-state index is 13.7. The Labute approximate surface area is 217 Å². The molecule has 15 heteroatoms. The number of aliphatic hydroxyl groups excluding tert-OH is 2. The number of para-hydroxylation sites is 1. The van der Waals surface area contributed by atoms with E-state index >= 15 is 0 Å². The van der Waals surface area contributed by atoms with Crippen molar-refractivity contribution in [3.05, 3.63) is 54.5 Å². The second-order valence-corrected chi connectivity index (χ2v) is 10.1. The van der Waals surface area contributed by atoms with Crippen molar-refractivity contribution in [1.82, 2.24) is 19.7 Å². The van der Waals surface area contributed by atoms with E-state index in [0.29, 0.717) is 5.52 Å². The van der Waals surface area contributed by atoms with Crippen LogP contribution in [0.3, 0.4) is 0 Å². The first kappa shape index (κ1) is 27.5. The Hall–Kier alpha value is -3.57. The van der Waals surface area contributed by atoms with E-state index in [2.05, 4.69) is 15.2 Å². The highest BCUT2D eigenvalue weighted by Crippen LogP contribution is 2.47. The zero-order valence-electron chi connectivity index (χ0n) is 20.5. The fourth-order valence-electron chi connectivity index (χ4n) is 3.99. The largest absolute Gasteiger partial charge is 0.465 e. The number of nitriles is 1. The Morgan fingerprint density at radius 2 is 2.08 bits per heavy atom. The number of aromatic nitrogens is 3. The van der Waals surface area contributed by atoms with Gasteiger partial charge in [-0.1, -0.05) is 18.2 Å². The lowest BCUT2D eigenvalue weighted by molar-refractivity contribution is -0.144. The summed E-state index contributed by atoms with van der Waals surface area (Å²) < 4.78 is 36.8. The number of nitrogen functional groups attached to an aromatic ring is 1. The van der Waals surface area contributed by atoms with Crippen LogP contribution in [0.1, 0.15) is 19.5 Å². The van der Waals surface area contributed by atoms with Crippen molar-refractivity contribution < 1.29 is 38.1 Å². The lowest BCUT2D eigenvalue weighted by Crippen LogP contribution is -2.41. The highest BCUT2D eigenvalue weighted by molar-refractivity contribution is 7.52. The quantitative estimate of drug-likeness (QED) is 0.206. The Morgan fingerprint density at radius 3 is 2.76 bits per heavy atom. The minimum absolute atomic E-state index is 0.0935. The number of esters is 1. The minimum atomic E-state index is -4.28. The van der Waals surface area contributed by atoms with E-state index in [1.165, 1.54) is 36.0 Å². The summed E-state index contributed by atoms with van der Waals surface area (Å²) in [7, 11) is -4.28. The molecule has 1 aliphatic rings. The molecular weight excluding hydrogens is 519 g/mol. The molecule has 14 nitrogen and oxygen atoms in total. The van der Waals surface area contributed by atoms with Crippen molar-refractivity contribution in [1.29, 1.82) is 5.26 Å². The fourth-order valence-corrected chi connectivity index (χ4v) is 5.49. The number of anilines is 1. The molecule has 4 rings (SSSR count). The van der Waals surface area contributed by atoms with Crippen molar-refractivity contribution in [3.63, 3.8) is 0 Å². The first-order chi connectivity index (χ1) is 18.1. The second kappa shape index (κ2) is 11.0. The maximum Gasteiger partial charge on any atom is 0.459 e. The van der Waals surface area contributed by atoms with Gasteiger partial charge in [0.15, 0.2) is 5.82 Å². The summed E-state index contributed by atoms with van der Waals surface area (Å²) in [6.07, 6.45) is -3.53. The molecule has 3 heterocycles. The molecule has 0 spiro atoms. The van der Waals surface area contributed by atoms with Crippen LogP contribution in [0.5, 0.6) is 5.75 Å². The van der Waals surface area contributed by atoms with Crippen LogP contribution in [-0.4, -0.2) is 68.3 Å². The molecule has 2 aromatic heterocycles. The van der Waals surface area contributed by atoms with Crippen molar-refractivity contribution in [2.24, 2.45) is 0 Å². The van der Waals surface area contributed by atoms with Crippen molar-refractivity contribution in [2.45, 2.75) is 43.8 Å². The third kappa shape index (κ3) is 5.21. The predicted octanol–water partition coefficient (Wildman–Crippen LogP) is 0.896. The van der Waals surface area contributed by atoms with Gasteiger partial charge in [-0.3, -0.25) is 9.32 Å². The summed E-state index contributed by atoms with van der Waals surface area (Å²) in [6.45, 7) is 2.56. The van der Waals surface area contributed by atoms with Crippen molar-refractivity contribution >= 4 is 25.1 Å². The normalized spacial score (nSPS) is 25.4. The summed E-state index contributed by atoms with van der Waals surface area (Å²) in [4.78, 5) is 16.0. The lowest BCUT2D eigenvalue weighted by Gasteiger charge is -2.25. The van der Waals surface area contributed by atoms with E-state index in [0.717, 1.165) is 0 Å². The number of nitrogens with one attached hydrogen (secondary N) is 1. The van der Waals surface area contributed by atoms with Crippen LogP contribution in [-0.2, 0) is 29.0 Å². The van der Waals surface area contributed by atoms with Gasteiger partial charge in [-0.05, 0) is 38.1 Å². The van der Waals surface area contributed by atoms with Gasteiger partial charge in [-0.2, -0.15) is 15.4 Å². The molecule has 38 heavy (non-hydrogen) atoms. The molecule has 5 N–H and O–H groups in total. The van der Waals surface area contributed by atoms with Gasteiger partial charge in [0, 0.05) is 0 Å². The monoisotopic (exact) mass is 546 g/mol. The molecule has 202 valence electrons. The molecule has 1 aliphatic heterocycles. The van der Waals surface area contributed by atoms with E-state index < -0.39 is 50.3 Å². The molecule has 1 fully saturated rings. The van der Waals surface area contributed by atoms with Gasteiger partial charge in [0.05, 0.1) is 18.9 Å². The van der Waals surface area contributed by atoms with E-state index in [4.69, 9.17) is 24.3 Å². The molecule has 0 bridgehead atoms. The molecule has 0 saturated carbocycles. The van der Waals surface area contributed by atoms with Gasteiger partial charge < -0.3 is 29.9 Å². The SMILES string of the molecule is CCOC(=O)[C@H](C)N[P@](=O)(OC[C@H]1O[C@@](C#N)(c2ccc3c(N)ncnn23)[C@H](O)[C@@H]1O)Oc1ccccc1. The summed E-state index contributed by atoms with van der Waals surface area (Å²) >= 11 is 0. The minimum Gasteiger partial charge on any atom is -0.465 e. The zero-order valence-corrected chi connectivity index (χ0v) is 21.4. The predicted molar refractivity (Wildman–Crippen MR) is 131 cm³/mol. The molecular formula is C23H27N6O8P. The van der Waals surface area contributed by atoms with Gasteiger partial charge in [0.1, 0.15) is 48.0 Å². The molecule has 0 unspecified atom stereocenters. The molecule has 1 aromatic carbocycles. The second-order valence-electron chi connectivity index (χ2n) is 8.40. The smallest absolute Gasteiger partial charge is 0.459 e. The molecule has 1 saturated heterocycles. The Kier molecular flexibility index (Phi) is 7.98. The number of aliphatic hydroxyl groups is 2. The number of fused-ring (bicyclic) bond motifs is 1. The van der Waals surface area contributed by atoms with Gasteiger partial charge in [-0.15, -0.1) is 0 Å². The average Bonchev–Trinajstić information content (AvgIpc) is 3.44. The van der Waals surface area contributed by atoms with E-state index in [9.17, 15) is 24.8 Å². The molecule has 0 amide bonds.